The number of carbonyl (C=O) groups excluding carboxylic acids is 1. The van der Waals surface area contributed by atoms with Crippen LogP contribution in [0.4, 0.5) is 0 Å². The van der Waals surface area contributed by atoms with E-state index in [0.29, 0.717) is 10.8 Å². The summed E-state index contributed by atoms with van der Waals surface area (Å²) in [4.78, 5) is 16.0. The lowest BCUT2D eigenvalue weighted by Crippen LogP contribution is -2.35. The van der Waals surface area contributed by atoms with Crippen LogP contribution in [-0.2, 0) is 17.7 Å². The number of nitrogens with one attached hydrogen (secondary N) is 1. The monoisotopic (exact) mass is 369 g/mol. The quantitative estimate of drug-likeness (QED) is 0.694. The van der Waals surface area contributed by atoms with Gasteiger partial charge in [0.05, 0.1) is 18.8 Å². The van der Waals surface area contributed by atoms with Gasteiger partial charge in [0.25, 0.3) is 0 Å². The maximum Gasteiger partial charge on any atom is 0.348 e. The Morgan fingerprint density at radius 1 is 1.38 bits per heavy atom. The van der Waals surface area contributed by atoms with Gasteiger partial charge in [-0.25, -0.2) is 4.79 Å². The molecule has 4 rings (SSSR count). The lowest BCUT2D eigenvalue weighted by molar-refractivity contribution is 0.0606. The van der Waals surface area contributed by atoms with E-state index in [-0.39, 0.29) is 5.97 Å². The fraction of sp³-hybridized carbons (Fsp3) is 0.400. The second-order valence-corrected chi connectivity index (χ2v) is 8.16. The molecule has 2 aromatic heterocycles. The Hall–Kier alpha value is -2.18. The zero-order chi connectivity index (χ0) is 17.9. The molecular weight excluding hydrogens is 346 g/mol. The van der Waals surface area contributed by atoms with Gasteiger partial charge >= 0.3 is 5.97 Å². The first-order valence-electron chi connectivity index (χ1n) is 9.02. The van der Waals surface area contributed by atoms with Gasteiger partial charge in [0, 0.05) is 23.4 Å². The van der Waals surface area contributed by atoms with E-state index in [0.717, 1.165) is 31.6 Å². The zero-order valence-electron chi connectivity index (χ0n) is 14.9. The van der Waals surface area contributed by atoms with Crippen LogP contribution in [0.5, 0.6) is 0 Å². The van der Waals surface area contributed by atoms with E-state index in [1.807, 2.05) is 18.3 Å². The van der Waals surface area contributed by atoms with Crippen molar-refractivity contribution < 1.29 is 9.53 Å². The van der Waals surface area contributed by atoms with Crippen molar-refractivity contribution >= 4 is 28.2 Å². The Balaban J connectivity index is 1.37. The molecule has 26 heavy (non-hydrogen) atoms. The Kier molecular flexibility index (Phi) is 5.04. The standard InChI is InChI=1S/C20H23N3O2S/c1-25-20(24)19-7-5-17(26-19)13-23-8-2-3-15(12-23)9-14-4-6-18-16(10-14)11-21-22-18/h4-7,10-11,15H,2-3,8-9,12-13H2,1H3,(H,21,22). The second-order valence-electron chi connectivity index (χ2n) is 7.00. The molecule has 5 nitrogen and oxygen atoms in total. The maximum absolute atomic E-state index is 11.6. The van der Waals surface area contributed by atoms with E-state index in [9.17, 15) is 4.79 Å². The summed E-state index contributed by atoms with van der Waals surface area (Å²) in [7, 11) is 1.43. The molecule has 1 saturated heterocycles. The number of piperidine rings is 1. The van der Waals surface area contributed by atoms with Crippen molar-refractivity contribution in [3.63, 3.8) is 0 Å². The summed E-state index contributed by atoms with van der Waals surface area (Å²) in [5.74, 6) is 0.431. The highest BCUT2D eigenvalue weighted by Crippen LogP contribution is 2.26. The summed E-state index contributed by atoms with van der Waals surface area (Å²) in [6, 6.07) is 10.5. The molecule has 0 saturated carbocycles. The number of nitrogens with zero attached hydrogens (tertiary/aromatic N) is 2. The van der Waals surface area contributed by atoms with Gasteiger partial charge in [-0.1, -0.05) is 6.07 Å². The third-order valence-electron chi connectivity index (χ3n) is 5.06. The van der Waals surface area contributed by atoms with Crippen LogP contribution in [0.2, 0.25) is 0 Å². The number of thiophene rings is 1. The Labute approximate surface area is 157 Å². The molecule has 1 unspecified atom stereocenters. The van der Waals surface area contributed by atoms with Gasteiger partial charge in [-0.05, 0) is 61.6 Å². The van der Waals surface area contributed by atoms with E-state index in [2.05, 4.69) is 33.3 Å². The van der Waals surface area contributed by atoms with E-state index in [1.165, 1.54) is 35.8 Å². The number of methoxy groups -OCH3 is 1. The van der Waals surface area contributed by atoms with Crippen LogP contribution in [0.1, 0.15) is 33.0 Å². The number of esters is 1. The third-order valence-corrected chi connectivity index (χ3v) is 6.11. The molecule has 0 amide bonds. The first kappa shape index (κ1) is 17.2. The molecule has 1 aliphatic heterocycles. The van der Waals surface area contributed by atoms with Crippen LogP contribution < -0.4 is 0 Å². The number of rotatable bonds is 5. The molecule has 0 spiro atoms. The highest BCUT2D eigenvalue weighted by atomic mass is 32.1. The number of aromatic amines is 1. The average molecular weight is 369 g/mol. The number of hydrogen-bond acceptors (Lipinski definition) is 5. The number of aromatic nitrogens is 2. The molecule has 136 valence electrons. The minimum atomic E-state index is -0.243. The maximum atomic E-state index is 11.6. The topological polar surface area (TPSA) is 58.2 Å². The summed E-state index contributed by atoms with van der Waals surface area (Å²) < 4.78 is 4.80. The van der Waals surface area contributed by atoms with E-state index >= 15 is 0 Å². The molecule has 1 atom stereocenters. The fourth-order valence-electron chi connectivity index (χ4n) is 3.81. The molecule has 0 radical (unpaired) electrons. The van der Waals surface area contributed by atoms with Crippen LogP contribution >= 0.6 is 11.3 Å². The predicted octanol–water partition coefficient (Wildman–Crippen LogP) is 3.87. The van der Waals surface area contributed by atoms with Gasteiger partial charge < -0.3 is 4.74 Å². The number of fused-ring (bicyclic) bond motifs is 1. The molecule has 1 N–H and O–H groups in total. The van der Waals surface area contributed by atoms with Crippen LogP contribution in [0.15, 0.2) is 36.5 Å². The number of carbonyl (C=O) groups is 1. The Morgan fingerprint density at radius 2 is 2.31 bits per heavy atom. The first-order chi connectivity index (χ1) is 12.7. The zero-order valence-corrected chi connectivity index (χ0v) is 15.7. The molecule has 3 aromatic rings. The molecule has 3 heterocycles. The number of hydrogen-bond donors (Lipinski definition) is 1. The van der Waals surface area contributed by atoms with Crippen LogP contribution in [0.3, 0.4) is 0 Å². The summed E-state index contributed by atoms with van der Waals surface area (Å²) in [6.45, 7) is 3.15. The van der Waals surface area contributed by atoms with Gasteiger partial charge in [-0.2, -0.15) is 5.10 Å². The van der Waals surface area contributed by atoms with Crippen molar-refractivity contribution in [2.24, 2.45) is 5.92 Å². The van der Waals surface area contributed by atoms with Crippen LogP contribution in [0.25, 0.3) is 10.9 Å². The Morgan fingerprint density at radius 3 is 3.19 bits per heavy atom. The van der Waals surface area contributed by atoms with Crippen LogP contribution in [-0.4, -0.2) is 41.3 Å². The summed E-state index contributed by atoms with van der Waals surface area (Å²) in [5.41, 5.74) is 2.48. The normalized spacial score (nSPS) is 18.3. The largest absolute Gasteiger partial charge is 0.465 e. The summed E-state index contributed by atoms with van der Waals surface area (Å²) in [6.07, 6.45) is 5.50. The van der Waals surface area contributed by atoms with E-state index < -0.39 is 0 Å². The smallest absolute Gasteiger partial charge is 0.348 e. The Bertz CT molecular complexity index is 901. The van der Waals surface area contributed by atoms with Gasteiger partial charge in [-0.3, -0.25) is 10.00 Å². The molecule has 1 aliphatic rings. The van der Waals surface area contributed by atoms with Crippen molar-refractivity contribution in [3.8, 4) is 0 Å². The number of H-pyrrole nitrogens is 1. The fourth-order valence-corrected chi connectivity index (χ4v) is 4.78. The summed E-state index contributed by atoms with van der Waals surface area (Å²) >= 11 is 1.54. The van der Waals surface area contributed by atoms with Crippen LogP contribution in [0, 0.1) is 5.92 Å². The minimum absolute atomic E-state index is 0.243. The van der Waals surface area contributed by atoms with Crippen molar-refractivity contribution in [2.45, 2.75) is 25.8 Å². The molecule has 6 heteroatoms. The molecular formula is C20H23N3O2S. The number of ether oxygens (including phenoxy) is 1. The van der Waals surface area contributed by atoms with Gasteiger partial charge in [0.2, 0.25) is 0 Å². The van der Waals surface area contributed by atoms with Gasteiger partial charge in [-0.15, -0.1) is 11.3 Å². The lowest BCUT2D eigenvalue weighted by atomic mass is 9.91. The molecule has 1 fully saturated rings. The first-order valence-corrected chi connectivity index (χ1v) is 9.84. The van der Waals surface area contributed by atoms with Crippen molar-refractivity contribution in [1.29, 1.82) is 0 Å². The molecule has 0 bridgehead atoms. The average Bonchev–Trinajstić information content (AvgIpc) is 3.30. The predicted molar refractivity (Wildman–Crippen MR) is 103 cm³/mol. The lowest BCUT2D eigenvalue weighted by Gasteiger charge is -2.32. The van der Waals surface area contributed by atoms with Gasteiger partial charge in [0.15, 0.2) is 0 Å². The third kappa shape index (κ3) is 3.81. The van der Waals surface area contributed by atoms with Crippen molar-refractivity contribution in [2.75, 3.05) is 20.2 Å². The highest BCUT2D eigenvalue weighted by molar-refractivity contribution is 7.13. The molecule has 0 aliphatic carbocycles. The van der Waals surface area contributed by atoms with Crippen molar-refractivity contribution in [3.05, 3.63) is 51.8 Å². The highest BCUT2D eigenvalue weighted by Gasteiger charge is 2.21. The second kappa shape index (κ2) is 7.60. The number of likely N-dealkylation sites (tertiary alicyclic amines) is 1. The van der Waals surface area contributed by atoms with Crippen molar-refractivity contribution in [1.82, 2.24) is 15.1 Å². The van der Waals surface area contributed by atoms with Gasteiger partial charge in [0.1, 0.15) is 4.88 Å². The molecule has 1 aromatic carbocycles. The minimum Gasteiger partial charge on any atom is -0.465 e. The SMILES string of the molecule is COC(=O)c1ccc(CN2CCCC(Cc3ccc4[nH]ncc4c3)C2)s1. The summed E-state index contributed by atoms with van der Waals surface area (Å²) in [5, 5.41) is 8.30. The number of benzene rings is 1. The van der Waals surface area contributed by atoms with E-state index in [1.54, 1.807) is 11.3 Å². The van der Waals surface area contributed by atoms with E-state index in [4.69, 9.17) is 4.74 Å².